The molecule has 1 rings (SSSR count). The fourth-order valence-electron chi connectivity index (χ4n) is 2.61. The van der Waals surface area contributed by atoms with E-state index in [9.17, 15) is 9.18 Å². The van der Waals surface area contributed by atoms with Gasteiger partial charge in [-0.25, -0.2) is 4.39 Å². The molecule has 0 bridgehead atoms. The molecule has 1 aliphatic rings. The van der Waals surface area contributed by atoms with E-state index in [1.54, 1.807) is 6.08 Å². The van der Waals surface area contributed by atoms with Gasteiger partial charge in [-0.3, -0.25) is 4.79 Å². The van der Waals surface area contributed by atoms with Gasteiger partial charge in [-0.1, -0.05) is 12.5 Å². The number of hydrogen-bond donors (Lipinski definition) is 2. The van der Waals surface area contributed by atoms with Gasteiger partial charge in [0, 0.05) is 19.8 Å². The van der Waals surface area contributed by atoms with Gasteiger partial charge in [0.2, 0.25) is 5.67 Å². The Bertz CT molecular complexity index is 396. The highest BCUT2D eigenvalue weighted by Gasteiger charge is 2.35. The summed E-state index contributed by atoms with van der Waals surface area (Å²) in [5.74, 6) is -0.534. The minimum atomic E-state index is -1.86. The normalized spacial score (nSPS) is 21.8. The average molecular weight is 374 g/mol. The van der Waals surface area contributed by atoms with Crippen LogP contribution in [-0.4, -0.2) is 64.3 Å². The van der Waals surface area contributed by atoms with Crippen LogP contribution in [0.2, 0.25) is 0 Å². The summed E-state index contributed by atoms with van der Waals surface area (Å²) in [4.78, 5) is 12.1. The third kappa shape index (κ3) is 10.9. The summed E-state index contributed by atoms with van der Waals surface area (Å²) in [5.41, 5.74) is 3.50. The number of carbonyl (C=O) groups is 1. The van der Waals surface area contributed by atoms with Gasteiger partial charge in [-0.2, -0.15) is 0 Å². The first kappa shape index (κ1) is 23.0. The van der Waals surface area contributed by atoms with Gasteiger partial charge in [0.05, 0.1) is 26.4 Å². The summed E-state index contributed by atoms with van der Waals surface area (Å²) >= 11 is 0. The lowest BCUT2D eigenvalue weighted by Gasteiger charge is -2.22. The van der Waals surface area contributed by atoms with Gasteiger partial charge in [0.15, 0.2) is 0 Å². The fraction of sp³-hybridized carbons (Fsp3) is 0.842. The van der Waals surface area contributed by atoms with Crippen LogP contribution < -0.4 is 11.1 Å². The van der Waals surface area contributed by atoms with Gasteiger partial charge in [-0.15, -0.1) is 0 Å². The van der Waals surface area contributed by atoms with Crippen molar-refractivity contribution < 1.29 is 23.4 Å². The van der Waals surface area contributed by atoms with Crippen molar-refractivity contribution >= 4 is 5.91 Å². The summed E-state index contributed by atoms with van der Waals surface area (Å²) in [6.45, 7) is 4.31. The maximum absolute atomic E-state index is 14.7. The Morgan fingerprint density at radius 2 is 1.65 bits per heavy atom. The maximum Gasteiger partial charge on any atom is 0.261 e. The lowest BCUT2D eigenvalue weighted by atomic mass is 9.93. The van der Waals surface area contributed by atoms with Gasteiger partial charge in [0.25, 0.3) is 5.91 Å². The van der Waals surface area contributed by atoms with Crippen molar-refractivity contribution in [3.05, 3.63) is 12.2 Å². The van der Waals surface area contributed by atoms with Crippen LogP contribution in [0.3, 0.4) is 0 Å². The first-order valence-electron chi connectivity index (χ1n) is 9.77. The SMILES string of the molecule is NCCCOCCOCCOCCCNC(=O)C1(F)/C=C\CCCCC1. The average Bonchev–Trinajstić information content (AvgIpc) is 2.62. The van der Waals surface area contributed by atoms with E-state index in [0.29, 0.717) is 59.2 Å². The maximum atomic E-state index is 14.7. The number of halogens is 1. The molecule has 0 saturated heterocycles. The van der Waals surface area contributed by atoms with Gasteiger partial charge >= 0.3 is 0 Å². The van der Waals surface area contributed by atoms with E-state index in [0.717, 1.165) is 32.1 Å². The number of amides is 1. The zero-order chi connectivity index (χ0) is 18.9. The molecular weight excluding hydrogens is 339 g/mol. The van der Waals surface area contributed by atoms with Crippen molar-refractivity contribution in [2.24, 2.45) is 5.73 Å². The number of ether oxygens (including phenoxy) is 3. The number of nitrogens with one attached hydrogen (secondary N) is 1. The van der Waals surface area contributed by atoms with Crippen LogP contribution in [0.1, 0.15) is 44.9 Å². The highest BCUT2D eigenvalue weighted by atomic mass is 19.1. The summed E-state index contributed by atoms with van der Waals surface area (Å²) in [7, 11) is 0. The molecule has 26 heavy (non-hydrogen) atoms. The summed E-state index contributed by atoms with van der Waals surface area (Å²) in [5, 5.41) is 2.67. The number of alkyl halides is 1. The molecule has 1 atom stereocenters. The minimum Gasteiger partial charge on any atom is -0.379 e. The van der Waals surface area contributed by atoms with Crippen LogP contribution in [-0.2, 0) is 19.0 Å². The Morgan fingerprint density at radius 1 is 1.00 bits per heavy atom. The zero-order valence-electron chi connectivity index (χ0n) is 15.8. The number of allylic oxidation sites excluding steroid dienone is 1. The molecule has 1 amide bonds. The predicted octanol–water partition coefficient (Wildman–Crippen LogP) is 2.12. The number of hydrogen-bond acceptors (Lipinski definition) is 5. The molecule has 0 radical (unpaired) electrons. The number of carbonyl (C=O) groups excluding carboxylic acids is 1. The molecule has 1 aliphatic carbocycles. The van der Waals surface area contributed by atoms with Crippen LogP contribution in [0.25, 0.3) is 0 Å². The summed E-state index contributed by atoms with van der Waals surface area (Å²) < 4.78 is 30.8. The monoisotopic (exact) mass is 374 g/mol. The van der Waals surface area contributed by atoms with E-state index in [4.69, 9.17) is 19.9 Å². The van der Waals surface area contributed by atoms with E-state index in [1.807, 2.05) is 0 Å². The smallest absolute Gasteiger partial charge is 0.261 e. The van der Waals surface area contributed by atoms with Crippen LogP contribution in [0.15, 0.2) is 12.2 Å². The molecule has 0 aliphatic heterocycles. The van der Waals surface area contributed by atoms with Crippen molar-refractivity contribution in [3.8, 4) is 0 Å². The second-order valence-electron chi connectivity index (χ2n) is 6.45. The molecule has 152 valence electrons. The van der Waals surface area contributed by atoms with Crippen molar-refractivity contribution in [3.63, 3.8) is 0 Å². The largest absolute Gasteiger partial charge is 0.379 e. The Hall–Kier alpha value is -1.02. The molecule has 0 fully saturated rings. The first-order chi connectivity index (χ1) is 12.7. The lowest BCUT2D eigenvalue weighted by Crippen LogP contribution is -2.42. The van der Waals surface area contributed by atoms with Crippen molar-refractivity contribution in [1.82, 2.24) is 5.32 Å². The standard InChI is InChI=1S/C19H35FN2O4/c20-19(8-4-2-1-3-5-9-19)18(23)22-11-7-13-25-15-17-26-16-14-24-12-6-10-21/h4,8H,1-3,5-7,9-17,21H2,(H,22,23)/b8-4-. The molecule has 0 spiro atoms. The third-order valence-electron chi connectivity index (χ3n) is 4.16. The second-order valence-corrected chi connectivity index (χ2v) is 6.45. The Balaban J connectivity index is 1.95. The van der Waals surface area contributed by atoms with E-state index in [2.05, 4.69) is 5.32 Å². The third-order valence-corrected chi connectivity index (χ3v) is 4.16. The zero-order valence-corrected chi connectivity index (χ0v) is 15.8. The van der Waals surface area contributed by atoms with E-state index < -0.39 is 11.6 Å². The van der Waals surface area contributed by atoms with Gasteiger partial charge in [-0.05, 0) is 51.1 Å². The predicted molar refractivity (Wildman–Crippen MR) is 99.8 cm³/mol. The van der Waals surface area contributed by atoms with Crippen LogP contribution >= 0.6 is 0 Å². The molecule has 1 unspecified atom stereocenters. The molecule has 0 aromatic rings. The Morgan fingerprint density at radius 3 is 2.35 bits per heavy atom. The van der Waals surface area contributed by atoms with Crippen molar-refractivity contribution in [2.45, 2.75) is 50.6 Å². The van der Waals surface area contributed by atoms with Gasteiger partial charge < -0.3 is 25.3 Å². The number of nitrogens with two attached hydrogens (primary N) is 1. The Kier molecular flexibility index (Phi) is 13.4. The van der Waals surface area contributed by atoms with E-state index in [-0.39, 0.29) is 6.42 Å². The second kappa shape index (κ2) is 15.1. The molecule has 7 heteroatoms. The highest BCUT2D eigenvalue weighted by molar-refractivity contribution is 5.87. The minimum absolute atomic E-state index is 0.263. The van der Waals surface area contributed by atoms with Crippen molar-refractivity contribution in [1.29, 1.82) is 0 Å². The Labute approximate surface area is 156 Å². The van der Waals surface area contributed by atoms with Crippen LogP contribution in [0.5, 0.6) is 0 Å². The molecule has 0 aromatic carbocycles. The fourth-order valence-corrected chi connectivity index (χ4v) is 2.61. The molecular formula is C19H35FN2O4. The molecule has 0 aromatic heterocycles. The van der Waals surface area contributed by atoms with E-state index >= 15 is 0 Å². The van der Waals surface area contributed by atoms with E-state index in [1.165, 1.54) is 6.08 Å². The van der Waals surface area contributed by atoms with Gasteiger partial charge in [0.1, 0.15) is 0 Å². The molecule has 3 N–H and O–H groups in total. The van der Waals surface area contributed by atoms with Crippen LogP contribution in [0.4, 0.5) is 4.39 Å². The summed E-state index contributed by atoms with van der Waals surface area (Å²) in [6.07, 6.45) is 8.60. The van der Waals surface area contributed by atoms with Crippen molar-refractivity contribution in [2.75, 3.05) is 52.7 Å². The molecule has 0 heterocycles. The lowest BCUT2D eigenvalue weighted by molar-refractivity contribution is -0.130. The number of rotatable bonds is 14. The topological polar surface area (TPSA) is 82.8 Å². The first-order valence-corrected chi connectivity index (χ1v) is 9.77. The molecule has 6 nitrogen and oxygen atoms in total. The summed E-state index contributed by atoms with van der Waals surface area (Å²) in [6, 6.07) is 0. The highest BCUT2D eigenvalue weighted by Crippen LogP contribution is 2.25. The molecule has 0 saturated carbocycles. The quantitative estimate of drug-likeness (QED) is 0.359. The van der Waals surface area contributed by atoms with Crippen LogP contribution in [0, 0.1) is 0 Å².